The third kappa shape index (κ3) is 2.74. The molecule has 0 aliphatic carbocycles. The number of thiophene rings is 1. The van der Waals surface area contributed by atoms with Crippen LogP contribution in [0, 0.1) is 6.92 Å². The van der Waals surface area contributed by atoms with E-state index in [2.05, 4.69) is 14.7 Å². The molecule has 0 aliphatic rings. The minimum Gasteiger partial charge on any atom is -0.332 e. The van der Waals surface area contributed by atoms with Gasteiger partial charge in [0.05, 0.1) is 6.20 Å². The molecule has 5 nitrogen and oxygen atoms in total. The molecule has 1 atom stereocenters. The highest BCUT2D eigenvalue weighted by molar-refractivity contribution is 7.89. The summed E-state index contributed by atoms with van der Waals surface area (Å²) in [6, 6.07) is 1.64. The number of aromatic nitrogens is 2. The standard InChI is InChI=1S/C10H13N3O2S2/c1-7(9-3-4-16-6-9)13-17(14,15)10-5-11-8(2)12-10/h3-7,13H,1-2H3,(H,11,12). The minimum absolute atomic E-state index is 0.0945. The highest BCUT2D eigenvalue weighted by Crippen LogP contribution is 2.18. The van der Waals surface area contributed by atoms with Crippen molar-refractivity contribution in [3.63, 3.8) is 0 Å². The maximum Gasteiger partial charge on any atom is 0.258 e. The third-order valence-corrected chi connectivity index (χ3v) is 4.50. The number of H-pyrrole nitrogens is 1. The van der Waals surface area contributed by atoms with Crippen molar-refractivity contribution in [2.24, 2.45) is 0 Å². The normalized spacial score (nSPS) is 13.8. The van der Waals surface area contributed by atoms with E-state index < -0.39 is 10.0 Å². The van der Waals surface area contributed by atoms with Crippen LogP contribution in [0.25, 0.3) is 0 Å². The highest BCUT2D eigenvalue weighted by Gasteiger charge is 2.20. The van der Waals surface area contributed by atoms with Crippen LogP contribution in [0.1, 0.15) is 24.4 Å². The van der Waals surface area contributed by atoms with E-state index in [0.717, 1.165) is 5.56 Å². The number of sulfonamides is 1. The van der Waals surface area contributed by atoms with Crippen molar-refractivity contribution in [2.75, 3.05) is 0 Å². The van der Waals surface area contributed by atoms with E-state index in [0.29, 0.717) is 5.82 Å². The second-order valence-electron chi connectivity index (χ2n) is 3.73. The lowest BCUT2D eigenvalue weighted by atomic mass is 10.2. The van der Waals surface area contributed by atoms with Crippen molar-refractivity contribution in [3.8, 4) is 0 Å². The predicted octanol–water partition coefficient (Wildman–Crippen LogP) is 1.82. The molecule has 7 heteroatoms. The SMILES string of the molecule is Cc1ncc(S(=O)(=O)NC(C)c2ccsc2)[nH]1. The molecule has 0 radical (unpaired) electrons. The summed E-state index contributed by atoms with van der Waals surface area (Å²) in [7, 11) is -3.53. The number of hydrogen-bond acceptors (Lipinski definition) is 4. The van der Waals surface area contributed by atoms with Gasteiger partial charge in [0, 0.05) is 6.04 Å². The number of hydrogen-bond donors (Lipinski definition) is 2. The number of rotatable bonds is 4. The molecule has 2 rings (SSSR count). The van der Waals surface area contributed by atoms with Crippen LogP contribution in [0.3, 0.4) is 0 Å². The van der Waals surface area contributed by atoms with Crippen LogP contribution in [0.5, 0.6) is 0 Å². The summed E-state index contributed by atoms with van der Waals surface area (Å²) in [5.41, 5.74) is 0.954. The Bertz CT molecular complexity index is 587. The molecule has 0 bridgehead atoms. The van der Waals surface area contributed by atoms with Gasteiger partial charge in [-0.3, -0.25) is 0 Å². The number of nitrogens with one attached hydrogen (secondary N) is 2. The van der Waals surface area contributed by atoms with Gasteiger partial charge in [-0.2, -0.15) is 11.3 Å². The van der Waals surface area contributed by atoms with Crippen molar-refractivity contribution in [2.45, 2.75) is 24.9 Å². The fourth-order valence-electron chi connectivity index (χ4n) is 1.42. The first-order valence-electron chi connectivity index (χ1n) is 5.05. The summed E-state index contributed by atoms with van der Waals surface area (Å²) in [5.74, 6) is 0.577. The Kier molecular flexibility index (Phi) is 3.32. The molecule has 2 N–H and O–H groups in total. The lowest BCUT2D eigenvalue weighted by Gasteiger charge is -2.11. The van der Waals surface area contributed by atoms with Gasteiger partial charge >= 0.3 is 0 Å². The molecule has 0 saturated heterocycles. The first kappa shape index (κ1) is 12.3. The summed E-state index contributed by atoms with van der Waals surface area (Å²) in [6.07, 6.45) is 1.32. The van der Waals surface area contributed by atoms with E-state index in [1.807, 2.05) is 23.8 Å². The molecule has 2 aromatic heterocycles. The number of aryl methyl sites for hydroxylation is 1. The van der Waals surface area contributed by atoms with E-state index >= 15 is 0 Å². The molecular weight excluding hydrogens is 258 g/mol. The summed E-state index contributed by atoms with van der Waals surface area (Å²) in [4.78, 5) is 6.59. The highest BCUT2D eigenvalue weighted by atomic mass is 32.2. The van der Waals surface area contributed by atoms with Gasteiger partial charge in [-0.25, -0.2) is 18.1 Å². The minimum atomic E-state index is -3.53. The average Bonchev–Trinajstić information content (AvgIpc) is 2.86. The molecule has 0 fully saturated rings. The van der Waals surface area contributed by atoms with Crippen LogP contribution in [0.4, 0.5) is 0 Å². The molecule has 1 unspecified atom stereocenters. The molecule has 17 heavy (non-hydrogen) atoms. The van der Waals surface area contributed by atoms with Gasteiger partial charge in [-0.05, 0) is 36.2 Å². The Morgan fingerprint density at radius 2 is 2.29 bits per heavy atom. The second-order valence-corrected chi connectivity index (χ2v) is 6.19. The van der Waals surface area contributed by atoms with Gasteiger partial charge in [0.1, 0.15) is 5.82 Å². The lowest BCUT2D eigenvalue weighted by Crippen LogP contribution is -2.26. The van der Waals surface area contributed by atoms with Gasteiger partial charge in [-0.1, -0.05) is 0 Å². The maximum absolute atomic E-state index is 12.0. The molecule has 0 aromatic carbocycles. The van der Waals surface area contributed by atoms with Crippen LogP contribution in [-0.2, 0) is 10.0 Å². The molecule has 0 amide bonds. The fourth-order valence-corrected chi connectivity index (χ4v) is 3.38. The summed E-state index contributed by atoms with van der Waals surface area (Å²) >= 11 is 1.54. The lowest BCUT2D eigenvalue weighted by molar-refractivity contribution is 0.564. The Hall–Kier alpha value is -1.18. The molecule has 92 valence electrons. The predicted molar refractivity (Wildman–Crippen MR) is 66.4 cm³/mol. The van der Waals surface area contributed by atoms with E-state index in [9.17, 15) is 8.42 Å². The van der Waals surface area contributed by atoms with Crippen molar-refractivity contribution < 1.29 is 8.42 Å². The monoisotopic (exact) mass is 271 g/mol. The number of aromatic amines is 1. The zero-order valence-corrected chi connectivity index (χ0v) is 11.1. The second kappa shape index (κ2) is 4.59. The zero-order chi connectivity index (χ0) is 12.5. The van der Waals surface area contributed by atoms with Crippen LogP contribution in [0.15, 0.2) is 28.0 Å². The van der Waals surface area contributed by atoms with Gasteiger partial charge in [-0.15, -0.1) is 0 Å². The number of nitrogens with zero attached hydrogens (tertiary/aromatic N) is 1. The van der Waals surface area contributed by atoms with E-state index in [1.165, 1.54) is 17.5 Å². The van der Waals surface area contributed by atoms with Crippen LogP contribution in [-0.4, -0.2) is 18.4 Å². The van der Waals surface area contributed by atoms with E-state index in [-0.39, 0.29) is 11.1 Å². The van der Waals surface area contributed by atoms with Gasteiger partial charge in [0.15, 0.2) is 5.03 Å². The first-order chi connectivity index (χ1) is 7.99. The van der Waals surface area contributed by atoms with Crippen molar-refractivity contribution >= 4 is 21.4 Å². The van der Waals surface area contributed by atoms with Crippen molar-refractivity contribution in [3.05, 3.63) is 34.4 Å². The van der Waals surface area contributed by atoms with Crippen molar-refractivity contribution in [1.29, 1.82) is 0 Å². The molecule has 0 saturated carbocycles. The van der Waals surface area contributed by atoms with Gasteiger partial charge < -0.3 is 4.98 Å². The van der Waals surface area contributed by atoms with Gasteiger partial charge in [0.25, 0.3) is 10.0 Å². The van der Waals surface area contributed by atoms with E-state index in [4.69, 9.17) is 0 Å². The largest absolute Gasteiger partial charge is 0.332 e. The summed E-state index contributed by atoms with van der Waals surface area (Å²) < 4.78 is 26.5. The molecular formula is C10H13N3O2S2. The average molecular weight is 271 g/mol. The molecule has 2 heterocycles. The van der Waals surface area contributed by atoms with Crippen LogP contribution in [0.2, 0.25) is 0 Å². The fraction of sp³-hybridized carbons (Fsp3) is 0.300. The quantitative estimate of drug-likeness (QED) is 0.890. The topological polar surface area (TPSA) is 74.8 Å². The Morgan fingerprint density at radius 3 is 2.82 bits per heavy atom. The number of imidazole rings is 1. The van der Waals surface area contributed by atoms with Gasteiger partial charge in [0.2, 0.25) is 0 Å². The third-order valence-electron chi connectivity index (χ3n) is 2.34. The Balaban J connectivity index is 2.18. The molecule has 2 aromatic rings. The van der Waals surface area contributed by atoms with Crippen LogP contribution >= 0.6 is 11.3 Å². The molecule has 0 aliphatic heterocycles. The first-order valence-corrected chi connectivity index (χ1v) is 7.47. The summed E-state index contributed by atoms with van der Waals surface area (Å²) in [5, 5.41) is 3.93. The molecule has 0 spiro atoms. The smallest absolute Gasteiger partial charge is 0.258 e. The van der Waals surface area contributed by atoms with E-state index in [1.54, 1.807) is 6.92 Å². The Labute approximate surface area is 104 Å². The Morgan fingerprint density at radius 1 is 1.53 bits per heavy atom. The van der Waals surface area contributed by atoms with Crippen molar-refractivity contribution in [1.82, 2.24) is 14.7 Å². The van der Waals surface area contributed by atoms with Crippen LogP contribution < -0.4 is 4.72 Å². The zero-order valence-electron chi connectivity index (χ0n) is 9.47. The maximum atomic E-state index is 12.0. The summed E-state index contributed by atoms with van der Waals surface area (Å²) in [6.45, 7) is 3.52.